The van der Waals surface area contributed by atoms with E-state index in [1.165, 1.54) is 0 Å². The van der Waals surface area contributed by atoms with Crippen molar-refractivity contribution in [3.05, 3.63) is 17.3 Å². The smallest absolute Gasteiger partial charge is 0.197 e. The Morgan fingerprint density at radius 1 is 1.54 bits per heavy atom. The standard InChI is InChI=1S/C10H15NO2/c1-6(2)10-11-8-4-3-7(12)5-9(8)13-10/h6-7,12H,3-5H2,1-2H3. The number of nitrogens with zero attached hydrogens (tertiary/aromatic N) is 1. The lowest BCUT2D eigenvalue weighted by molar-refractivity contribution is 0.149. The van der Waals surface area contributed by atoms with E-state index in [9.17, 15) is 5.11 Å². The lowest BCUT2D eigenvalue weighted by Crippen LogP contribution is -2.17. The summed E-state index contributed by atoms with van der Waals surface area (Å²) in [4.78, 5) is 4.41. The molecule has 13 heavy (non-hydrogen) atoms. The quantitative estimate of drug-likeness (QED) is 0.716. The summed E-state index contributed by atoms with van der Waals surface area (Å²) in [6.45, 7) is 4.13. The topological polar surface area (TPSA) is 46.3 Å². The van der Waals surface area contributed by atoms with Gasteiger partial charge in [0.05, 0.1) is 11.8 Å². The molecule has 0 bridgehead atoms. The molecule has 1 atom stereocenters. The number of hydrogen-bond acceptors (Lipinski definition) is 3. The summed E-state index contributed by atoms with van der Waals surface area (Å²) >= 11 is 0. The largest absolute Gasteiger partial charge is 0.445 e. The molecule has 0 amide bonds. The van der Waals surface area contributed by atoms with Crippen LogP contribution in [0.5, 0.6) is 0 Å². The van der Waals surface area contributed by atoms with Gasteiger partial charge >= 0.3 is 0 Å². The molecule has 1 aromatic rings. The van der Waals surface area contributed by atoms with Gasteiger partial charge in [0.1, 0.15) is 5.76 Å². The number of hydrogen-bond donors (Lipinski definition) is 1. The third kappa shape index (κ3) is 1.61. The Hall–Kier alpha value is -0.830. The molecule has 0 radical (unpaired) electrons. The van der Waals surface area contributed by atoms with Crippen LogP contribution in [0.15, 0.2) is 4.42 Å². The minimum absolute atomic E-state index is 0.236. The van der Waals surface area contributed by atoms with Gasteiger partial charge in [0.2, 0.25) is 0 Å². The maximum atomic E-state index is 9.42. The van der Waals surface area contributed by atoms with E-state index in [4.69, 9.17) is 4.42 Å². The molecule has 0 saturated carbocycles. The van der Waals surface area contributed by atoms with Crippen molar-refractivity contribution in [3.8, 4) is 0 Å². The van der Waals surface area contributed by atoms with Gasteiger partial charge in [-0.1, -0.05) is 13.8 Å². The highest BCUT2D eigenvalue weighted by Gasteiger charge is 2.23. The fourth-order valence-electron chi connectivity index (χ4n) is 1.62. The molecule has 1 heterocycles. The van der Waals surface area contributed by atoms with Gasteiger partial charge < -0.3 is 9.52 Å². The van der Waals surface area contributed by atoms with Crippen LogP contribution in [0.4, 0.5) is 0 Å². The number of aryl methyl sites for hydroxylation is 1. The Balaban J connectivity index is 2.28. The van der Waals surface area contributed by atoms with Crippen molar-refractivity contribution in [3.63, 3.8) is 0 Å². The molecule has 3 nitrogen and oxygen atoms in total. The normalized spacial score (nSPS) is 22.0. The Bertz CT molecular complexity index is 304. The van der Waals surface area contributed by atoms with Gasteiger partial charge in [0.25, 0.3) is 0 Å². The minimum Gasteiger partial charge on any atom is -0.445 e. The molecule has 1 aliphatic rings. The van der Waals surface area contributed by atoms with E-state index in [1.807, 2.05) is 0 Å². The summed E-state index contributed by atoms with van der Waals surface area (Å²) in [5.74, 6) is 2.03. The minimum atomic E-state index is -0.236. The number of aromatic nitrogens is 1. The molecule has 0 aliphatic heterocycles. The van der Waals surface area contributed by atoms with Gasteiger partial charge in [-0.05, 0) is 12.8 Å². The van der Waals surface area contributed by atoms with E-state index in [0.29, 0.717) is 12.3 Å². The molecule has 1 aromatic heterocycles. The Kier molecular flexibility index (Phi) is 2.12. The van der Waals surface area contributed by atoms with Crippen LogP contribution >= 0.6 is 0 Å². The van der Waals surface area contributed by atoms with Crippen LogP contribution in [0.2, 0.25) is 0 Å². The third-order valence-corrected chi connectivity index (χ3v) is 2.42. The Labute approximate surface area is 77.8 Å². The SMILES string of the molecule is CC(C)c1nc2c(o1)CC(O)CC2. The maximum Gasteiger partial charge on any atom is 0.197 e. The summed E-state index contributed by atoms with van der Waals surface area (Å²) in [7, 11) is 0. The summed E-state index contributed by atoms with van der Waals surface area (Å²) in [6.07, 6.45) is 2.07. The maximum absolute atomic E-state index is 9.42. The molecule has 1 unspecified atom stereocenters. The summed E-state index contributed by atoms with van der Waals surface area (Å²) in [5, 5.41) is 9.42. The van der Waals surface area contributed by atoms with Gasteiger partial charge in [0.15, 0.2) is 5.89 Å². The van der Waals surface area contributed by atoms with Crippen molar-refractivity contribution in [1.82, 2.24) is 4.98 Å². The van der Waals surface area contributed by atoms with Crippen LogP contribution in [0.3, 0.4) is 0 Å². The Morgan fingerprint density at radius 3 is 3.00 bits per heavy atom. The average molecular weight is 181 g/mol. The van der Waals surface area contributed by atoms with Gasteiger partial charge in [-0.25, -0.2) is 4.98 Å². The van der Waals surface area contributed by atoms with Crippen molar-refractivity contribution >= 4 is 0 Å². The second-order valence-electron chi connectivity index (χ2n) is 3.97. The number of rotatable bonds is 1. The first-order valence-corrected chi connectivity index (χ1v) is 4.83. The lowest BCUT2D eigenvalue weighted by atomic mass is 9.99. The zero-order valence-corrected chi connectivity index (χ0v) is 8.08. The highest BCUT2D eigenvalue weighted by atomic mass is 16.4. The molecular formula is C10H15NO2. The molecule has 1 aliphatic carbocycles. The number of oxazole rings is 1. The van der Waals surface area contributed by atoms with Crippen molar-refractivity contribution < 1.29 is 9.52 Å². The van der Waals surface area contributed by atoms with Crippen molar-refractivity contribution in [1.29, 1.82) is 0 Å². The van der Waals surface area contributed by atoms with E-state index < -0.39 is 0 Å². The zero-order valence-electron chi connectivity index (χ0n) is 8.08. The van der Waals surface area contributed by atoms with Gasteiger partial charge in [-0.3, -0.25) is 0 Å². The van der Waals surface area contributed by atoms with Gasteiger partial charge in [0, 0.05) is 12.3 Å². The van der Waals surface area contributed by atoms with E-state index >= 15 is 0 Å². The lowest BCUT2D eigenvalue weighted by Gasteiger charge is -2.13. The second kappa shape index (κ2) is 3.14. The van der Waals surface area contributed by atoms with Crippen molar-refractivity contribution in [2.75, 3.05) is 0 Å². The number of aliphatic hydroxyl groups excluding tert-OH is 1. The molecule has 2 rings (SSSR count). The van der Waals surface area contributed by atoms with Crippen LogP contribution < -0.4 is 0 Å². The predicted octanol–water partition coefficient (Wildman–Crippen LogP) is 1.65. The van der Waals surface area contributed by atoms with Gasteiger partial charge in [-0.15, -0.1) is 0 Å². The zero-order chi connectivity index (χ0) is 9.42. The molecule has 3 heteroatoms. The van der Waals surface area contributed by atoms with Crippen LogP contribution in [-0.4, -0.2) is 16.2 Å². The highest BCUT2D eigenvalue weighted by molar-refractivity contribution is 5.15. The summed E-state index contributed by atoms with van der Waals surface area (Å²) in [5.41, 5.74) is 1.05. The first kappa shape index (κ1) is 8.75. The van der Waals surface area contributed by atoms with Crippen molar-refractivity contribution in [2.45, 2.75) is 45.1 Å². The molecule has 72 valence electrons. The Morgan fingerprint density at radius 2 is 2.31 bits per heavy atom. The van der Waals surface area contributed by atoms with Crippen LogP contribution in [0.25, 0.3) is 0 Å². The van der Waals surface area contributed by atoms with E-state index in [0.717, 1.165) is 30.2 Å². The summed E-state index contributed by atoms with van der Waals surface area (Å²) < 4.78 is 5.57. The fraction of sp³-hybridized carbons (Fsp3) is 0.700. The van der Waals surface area contributed by atoms with Crippen LogP contribution in [0, 0.1) is 0 Å². The number of fused-ring (bicyclic) bond motifs is 1. The summed E-state index contributed by atoms with van der Waals surface area (Å²) in [6, 6.07) is 0. The number of aliphatic hydroxyl groups is 1. The highest BCUT2D eigenvalue weighted by Crippen LogP contribution is 2.25. The predicted molar refractivity (Wildman–Crippen MR) is 48.6 cm³/mol. The molecular weight excluding hydrogens is 166 g/mol. The monoisotopic (exact) mass is 181 g/mol. The average Bonchev–Trinajstić information content (AvgIpc) is 2.46. The van der Waals surface area contributed by atoms with E-state index in [-0.39, 0.29) is 6.10 Å². The second-order valence-corrected chi connectivity index (χ2v) is 3.97. The first-order chi connectivity index (χ1) is 6.16. The van der Waals surface area contributed by atoms with E-state index in [1.54, 1.807) is 0 Å². The molecule has 1 N–H and O–H groups in total. The third-order valence-electron chi connectivity index (χ3n) is 2.42. The van der Waals surface area contributed by atoms with Crippen molar-refractivity contribution in [2.24, 2.45) is 0 Å². The van der Waals surface area contributed by atoms with E-state index in [2.05, 4.69) is 18.8 Å². The van der Waals surface area contributed by atoms with Crippen LogP contribution in [-0.2, 0) is 12.8 Å². The van der Waals surface area contributed by atoms with Crippen LogP contribution in [0.1, 0.15) is 43.5 Å². The fourth-order valence-corrected chi connectivity index (χ4v) is 1.62. The molecule has 0 fully saturated rings. The molecule has 0 aromatic carbocycles. The van der Waals surface area contributed by atoms with Gasteiger partial charge in [-0.2, -0.15) is 0 Å². The first-order valence-electron chi connectivity index (χ1n) is 4.83. The molecule has 0 saturated heterocycles. The molecule has 0 spiro atoms.